The molecule has 0 saturated carbocycles. The third-order valence-corrected chi connectivity index (χ3v) is 2.82. The quantitative estimate of drug-likeness (QED) is 0.519. The van der Waals surface area contributed by atoms with Gasteiger partial charge in [0.2, 0.25) is 0 Å². The molecule has 0 saturated heterocycles. The second-order valence-electron chi connectivity index (χ2n) is 5.14. The van der Waals surface area contributed by atoms with Gasteiger partial charge in [-0.05, 0) is 47.2 Å². The van der Waals surface area contributed by atoms with Crippen LogP contribution < -0.4 is 0 Å². The van der Waals surface area contributed by atoms with Crippen molar-refractivity contribution in [2.75, 3.05) is 20.6 Å². The molecule has 0 bridgehead atoms. The summed E-state index contributed by atoms with van der Waals surface area (Å²) in [5, 5.41) is 8.70. The summed E-state index contributed by atoms with van der Waals surface area (Å²) in [6.45, 7) is 7.81. The number of allylic oxidation sites excluding steroid dienone is 1. The predicted octanol–water partition coefficient (Wildman–Crippen LogP) is 2.24. The fourth-order valence-electron chi connectivity index (χ4n) is 1.41. The first-order valence-corrected chi connectivity index (χ1v) is 6.67. The smallest absolute Gasteiger partial charge is 0.333 e. The topological polar surface area (TPSA) is 66.8 Å². The first-order valence-electron chi connectivity index (χ1n) is 6.67. The highest BCUT2D eigenvalue weighted by Gasteiger charge is 2.13. The van der Waals surface area contributed by atoms with Gasteiger partial charge < -0.3 is 14.7 Å². The zero-order valence-corrected chi connectivity index (χ0v) is 12.8. The third kappa shape index (κ3) is 8.48. The molecule has 20 heavy (non-hydrogen) atoms. The second kappa shape index (κ2) is 9.31. The number of aliphatic carboxylic acids is 1. The Labute approximate surface area is 120 Å². The summed E-state index contributed by atoms with van der Waals surface area (Å²) < 4.78 is 5.25. The molecule has 0 aromatic heterocycles. The highest BCUT2D eigenvalue weighted by Crippen LogP contribution is 2.09. The van der Waals surface area contributed by atoms with E-state index in [4.69, 9.17) is 9.84 Å². The van der Waals surface area contributed by atoms with Gasteiger partial charge in [0.05, 0.1) is 6.10 Å². The van der Waals surface area contributed by atoms with Gasteiger partial charge in [0.15, 0.2) is 0 Å². The molecular weight excluding hydrogens is 258 g/mol. The summed E-state index contributed by atoms with van der Waals surface area (Å²) >= 11 is 0. The van der Waals surface area contributed by atoms with Gasteiger partial charge >= 0.3 is 11.9 Å². The average molecular weight is 283 g/mol. The van der Waals surface area contributed by atoms with Crippen LogP contribution in [0.15, 0.2) is 23.8 Å². The van der Waals surface area contributed by atoms with Crippen LogP contribution in [0.4, 0.5) is 0 Å². The Balaban J connectivity index is 4.05. The van der Waals surface area contributed by atoms with E-state index in [-0.39, 0.29) is 12.1 Å². The first-order chi connectivity index (χ1) is 9.23. The molecule has 5 nitrogen and oxygen atoms in total. The molecule has 1 atom stereocenters. The summed E-state index contributed by atoms with van der Waals surface area (Å²) in [4.78, 5) is 24.3. The van der Waals surface area contributed by atoms with E-state index in [9.17, 15) is 9.59 Å². The van der Waals surface area contributed by atoms with E-state index in [1.165, 1.54) is 0 Å². The first kappa shape index (κ1) is 18.4. The maximum Gasteiger partial charge on any atom is 0.333 e. The van der Waals surface area contributed by atoms with Crippen molar-refractivity contribution < 1.29 is 19.4 Å². The molecule has 0 aliphatic rings. The monoisotopic (exact) mass is 283 g/mol. The molecule has 0 aliphatic carbocycles. The number of carbonyl (C=O) groups is 2. The lowest BCUT2D eigenvalue weighted by Gasteiger charge is -2.15. The van der Waals surface area contributed by atoms with Crippen LogP contribution in [0.5, 0.6) is 0 Å². The maximum atomic E-state index is 11.7. The summed E-state index contributed by atoms with van der Waals surface area (Å²) in [5.41, 5.74) is 0.765. The lowest BCUT2D eigenvalue weighted by Crippen LogP contribution is -2.19. The molecule has 1 N–H and O–H groups in total. The molecule has 0 amide bonds. The number of hydrogen-bond acceptors (Lipinski definition) is 4. The number of carboxylic acids is 1. The minimum atomic E-state index is -0.924. The Bertz CT molecular complexity index is 385. The van der Waals surface area contributed by atoms with Gasteiger partial charge in [-0.25, -0.2) is 9.59 Å². The van der Waals surface area contributed by atoms with Gasteiger partial charge in [-0.3, -0.25) is 0 Å². The SMILES string of the molecule is C=C(CCN(C)C)C(=O)OC(C)CCC=C(C)C(=O)O. The lowest BCUT2D eigenvalue weighted by atomic mass is 10.1. The highest BCUT2D eigenvalue weighted by molar-refractivity contribution is 5.87. The third-order valence-electron chi connectivity index (χ3n) is 2.82. The minimum Gasteiger partial charge on any atom is -0.478 e. The van der Waals surface area contributed by atoms with Crippen LogP contribution in [0.1, 0.15) is 33.1 Å². The molecule has 0 aliphatic heterocycles. The number of hydrogen-bond donors (Lipinski definition) is 1. The molecule has 0 aromatic rings. The van der Waals surface area contributed by atoms with Crippen LogP contribution in [0.2, 0.25) is 0 Å². The van der Waals surface area contributed by atoms with Gasteiger partial charge in [-0.1, -0.05) is 12.7 Å². The normalized spacial score (nSPS) is 13.2. The predicted molar refractivity (Wildman–Crippen MR) is 78.5 cm³/mol. The van der Waals surface area contributed by atoms with Crippen LogP contribution in [-0.2, 0) is 14.3 Å². The number of rotatable bonds is 9. The van der Waals surface area contributed by atoms with Crippen molar-refractivity contribution in [3.05, 3.63) is 23.8 Å². The Morgan fingerprint density at radius 2 is 2.00 bits per heavy atom. The molecule has 1 unspecified atom stereocenters. The summed E-state index contributed by atoms with van der Waals surface area (Å²) in [7, 11) is 3.86. The second-order valence-corrected chi connectivity index (χ2v) is 5.14. The van der Waals surface area contributed by atoms with Gasteiger partial charge in [0, 0.05) is 17.7 Å². The summed E-state index contributed by atoms with van der Waals surface area (Å²) in [6.07, 6.45) is 3.12. The minimum absolute atomic E-state index is 0.253. The largest absolute Gasteiger partial charge is 0.478 e. The molecule has 0 heterocycles. The molecule has 0 spiro atoms. The van der Waals surface area contributed by atoms with Gasteiger partial charge in [-0.2, -0.15) is 0 Å². The number of nitrogens with zero attached hydrogens (tertiary/aromatic N) is 1. The van der Waals surface area contributed by atoms with Crippen LogP contribution >= 0.6 is 0 Å². The standard InChI is InChI=1S/C15H25NO4/c1-11(14(17)18)7-6-8-13(3)20-15(19)12(2)9-10-16(4)5/h7,13H,2,6,8-10H2,1,3-5H3,(H,17,18). The van der Waals surface area contributed by atoms with Crippen molar-refractivity contribution >= 4 is 11.9 Å². The molecule has 0 aromatic carbocycles. The molecule has 0 radical (unpaired) electrons. The van der Waals surface area contributed by atoms with Crippen LogP contribution in [0.3, 0.4) is 0 Å². The molecule has 114 valence electrons. The van der Waals surface area contributed by atoms with Gasteiger partial charge in [-0.15, -0.1) is 0 Å². The van der Waals surface area contributed by atoms with Gasteiger partial charge in [0.1, 0.15) is 0 Å². The van der Waals surface area contributed by atoms with E-state index in [1.54, 1.807) is 19.9 Å². The van der Waals surface area contributed by atoms with Crippen molar-refractivity contribution in [3.63, 3.8) is 0 Å². The van der Waals surface area contributed by atoms with E-state index < -0.39 is 5.97 Å². The van der Waals surface area contributed by atoms with Gasteiger partial charge in [0.25, 0.3) is 0 Å². The van der Waals surface area contributed by atoms with Crippen molar-refractivity contribution in [3.8, 4) is 0 Å². The van der Waals surface area contributed by atoms with Crippen molar-refractivity contribution in [2.24, 2.45) is 0 Å². The van der Waals surface area contributed by atoms with Crippen LogP contribution in [0.25, 0.3) is 0 Å². The Morgan fingerprint density at radius 3 is 2.50 bits per heavy atom. The molecule has 0 rings (SSSR count). The Kier molecular flexibility index (Phi) is 8.56. The number of carbonyl (C=O) groups excluding carboxylic acids is 1. The number of ether oxygens (including phenoxy) is 1. The zero-order chi connectivity index (χ0) is 15.7. The van der Waals surface area contributed by atoms with E-state index in [1.807, 2.05) is 19.0 Å². The fourth-order valence-corrected chi connectivity index (χ4v) is 1.41. The van der Waals surface area contributed by atoms with Crippen LogP contribution in [-0.4, -0.2) is 48.7 Å². The van der Waals surface area contributed by atoms with Crippen molar-refractivity contribution in [2.45, 2.75) is 39.2 Å². The van der Waals surface area contributed by atoms with E-state index in [0.717, 1.165) is 6.54 Å². The van der Waals surface area contributed by atoms with Crippen molar-refractivity contribution in [1.29, 1.82) is 0 Å². The summed E-state index contributed by atoms with van der Waals surface area (Å²) in [5.74, 6) is -1.30. The number of carboxylic acid groups (broad SMARTS) is 1. The molecule has 0 fully saturated rings. The van der Waals surface area contributed by atoms with E-state index in [2.05, 4.69) is 6.58 Å². The zero-order valence-electron chi connectivity index (χ0n) is 12.8. The van der Waals surface area contributed by atoms with Crippen LogP contribution in [0, 0.1) is 0 Å². The Morgan fingerprint density at radius 1 is 1.40 bits per heavy atom. The van der Waals surface area contributed by atoms with Crippen molar-refractivity contribution in [1.82, 2.24) is 4.90 Å². The maximum absolute atomic E-state index is 11.7. The molecular formula is C15H25NO4. The van der Waals surface area contributed by atoms with E-state index >= 15 is 0 Å². The average Bonchev–Trinajstić information content (AvgIpc) is 2.35. The molecule has 5 heteroatoms. The highest BCUT2D eigenvalue weighted by atomic mass is 16.5. The Hall–Kier alpha value is -1.62. The van der Waals surface area contributed by atoms with E-state index in [0.29, 0.717) is 30.4 Å². The number of esters is 1. The fraction of sp³-hybridized carbons (Fsp3) is 0.600. The summed E-state index contributed by atoms with van der Waals surface area (Å²) in [6, 6.07) is 0. The lowest BCUT2D eigenvalue weighted by molar-refractivity contribution is -0.144.